The molecule has 1 amide bonds. The Morgan fingerprint density at radius 3 is 2.62 bits per heavy atom. The molecule has 1 heterocycles. The second-order valence-corrected chi connectivity index (χ2v) is 6.08. The van der Waals surface area contributed by atoms with Gasteiger partial charge in [0.15, 0.2) is 6.54 Å². The highest BCUT2D eigenvalue weighted by Crippen LogP contribution is 2.13. The molecule has 4 nitrogen and oxygen atoms in total. The number of amides is 1. The third-order valence-electron chi connectivity index (χ3n) is 3.19. The van der Waals surface area contributed by atoms with Crippen LogP contribution in [-0.4, -0.2) is 19.5 Å². The summed E-state index contributed by atoms with van der Waals surface area (Å²) >= 11 is 1.73. The SMILES string of the molecule is Cc1ccsc1C[NH+](C)CC(=O)Nc1ccc(C#N)cc1. The maximum absolute atomic E-state index is 12.0. The lowest BCUT2D eigenvalue weighted by atomic mass is 10.2. The Morgan fingerprint density at radius 2 is 2.05 bits per heavy atom. The molecule has 0 aliphatic rings. The number of carbonyl (C=O) groups excluding carboxylic acids is 1. The smallest absolute Gasteiger partial charge is 0.279 e. The Balaban J connectivity index is 1.86. The highest BCUT2D eigenvalue weighted by atomic mass is 32.1. The van der Waals surface area contributed by atoms with E-state index in [0.29, 0.717) is 12.1 Å². The molecule has 0 saturated carbocycles. The predicted molar refractivity (Wildman–Crippen MR) is 84.3 cm³/mol. The van der Waals surface area contributed by atoms with Crippen molar-refractivity contribution in [3.8, 4) is 6.07 Å². The van der Waals surface area contributed by atoms with Crippen LogP contribution in [0, 0.1) is 18.3 Å². The number of carbonyl (C=O) groups is 1. The van der Waals surface area contributed by atoms with Crippen LogP contribution < -0.4 is 10.2 Å². The molecule has 0 bridgehead atoms. The second kappa shape index (κ2) is 7.02. The van der Waals surface area contributed by atoms with Crippen molar-refractivity contribution < 1.29 is 9.69 Å². The van der Waals surface area contributed by atoms with Crippen molar-refractivity contribution in [1.82, 2.24) is 0 Å². The van der Waals surface area contributed by atoms with Crippen LogP contribution in [0.25, 0.3) is 0 Å². The molecule has 1 atom stereocenters. The summed E-state index contributed by atoms with van der Waals surface area (Å²) in [5.41, 5.74) is 2.59. The summed E-state index contributed by atoms with van der Waals surface area (Å²) < 4.78 is 0. The standard InChI is InChI=1S/C16H17N3OS/c1-12-7-8-21-15(12)10-19(2)11-16(20)18-14-5-3-13(9-17)4-6-14/h3-8H,10-11H2,1-2H3,(H,18,20)/p+1. The first kappa shape index (κ1) is 15.2. The van der Waals surface area contributed by atoms with Gasteiger partial charge in [-0.3, -0.25) is 4.79 Å². The van der Waals surface area contributed by atoms with Gasteiger partial charge < -0.3 is 10.2 Å². The fraction of sp³-hybridized carbons (Fsp3) is 0.250. The van der Waals surface area contributed by atoms with Gasteiger partial charge in [-0.15, -0.1) is 11.3 Å². The van der Waals surface area contributed by atoms with Crippen molar-refractivity contribution in [2.75, 3.05) is 18.9 Å². The number of aryl methyl sites for hydroxylation is 1. The quantitative estimate of drug-likeness (QED) is 0.881. The molecule has 1 aromatic carbocycles. The van der Waals surface area contributed by atoms with Gasteiger partial charge in [0.25, 0.3) is 5.91 Å². The first-order valence-electron chi connectivity index (χ1n) is 6.73. The number of nitrogens with zero attached hydrogens (tertiary/aromatic N) is 1. The number of rotatable bonds is 5. The van der Waals surface area contributed by atoms with Crippen molar-refractivity contribution in [2.45, 2.75) is 13.5 Å². The van der Waals surface area contributed by atoms with Crippen molar-refractivity contribution in [2.24, 2.45) is 0 Å². The molecule has 1 unspecified atom stereocenters. The Bertz CT molecular complexity index is 655. The third kappa shape index (κ3) is 4.42. The molecule has 0 radical (unpaired) electrons. The summed E-state index contributed by atoms with van der Waals surface area (Å²) in [6.07, 6.45) is 0. The average Bonchev–Trinajstić information content (AvgIpc) is 2.84. The van der Waals surface area contributed by atoms with E-state index in [9.17, 15) is 4.79 Å². The van der Waals surface area contributed by atoms with Gasteiger partial charge in [-0.1, -0.05) is 0 Å². The van der Waals surface area contributed by atoms with Gasteiger partial charge in [-0.25, -0.2) is 0 Å². The van der Waals surface area contributed by atoms with Crippen LogP contribution >= 0.6 is 11.3 Å². The summed E-state index contributed by atoms with van der Waals surface area (Å²) in [6, 6.07) is 11.0. The van der Waals surface area contributed by atoms with E-state index < -0.39 is 0 Å². The van der Waals surface area contributed by atoms with Gasteiger partial charge in [-0.2, -0.15) is 5.26 Å². The lowest BCUT2D eigenvalue weighted by Crippen LogP contribution is -3.08. The predicted octanol–water partition coefficient (Wildman–Crippen LogP) is 1.58. The van der Waals surface area contributed by atoms with Gasteiger partial charge in [-0.05, 0) is 48.2 Å². The van der Waals surface area contributed by atoms with Crippen LogP contribution in [0.3, 0.4) is 0 Å². The lowest BCUT2D eigenvalue weighted by Gasteiger charge is -2.13. The molecule has 108 valence electrons. The van der Waals surface area contributed by atoms with Crippen LogP contribution in [0.5, 0.6) is 0 Å². The number of likely N-dealkylation sites (N-methyl/N-ethyl adjacent to an activating group) is 1. The number of nitriles is 1. The van der Waals surface area contributed by atoms with E-state index in [1.807, 2.05) is 7.05 Å². The fourth-order valence-electron chi connectivity index (χ4n) is 2.03. The minimum Gasteiger partial charge on any atom is -0.325 e. The third-order valence-corrected chi connectivity index (χ3v) is 4.21. The van der Waals surface area contributed by atoms with Crippen LogP contribution in [0.1, 0.15) is 16.0 Å². The highest BCUT2D eigenvalue weighted by molar-refractivity contribution is 7.10. The van der Waals surface area contributed by atoms with E-state index in [4.69, 9.17) is 5.26 Å². The van der Waals surface area contributed by atoms with E-state index in [1.165, 1.54) is 10.4 Å². The molecule has 21 heavy (non-hydrogen) atoms. The molecule has 5 heteroatoms. The van der Waals surface area contributed by atoms with E-state index >= 15 is 0 Å². The van der Waals surface area contributed by atoms with E-state index in [0.717, 1.165) is 17.1 Å². The fourth-order valence-corrected chi connectivity index (χ4v) is 3.05. The minimum atomic E-state index is -0.0218. The summed E-state index contributed by atoms with van der Waals surface area (Å²) in [7, 11) is 2.01. The minimum absolute atomic E-state index is 0.0218. The molecule has 2 N–H and O–H groups in total. The maximum Gasteiger partial charge on any atom is 0.279 e. The molecule has 2 aromatic rings. The molecule has 0 saturated heterocycles. The molecule has 0 aliphatic heterocycles. The number of benzene rings is 1. The zero-order valence-corrected chi connectivity index (χ0v) is 13.0. The first-order valence-corrected chi connectivity index (χ1v) is 7.60. The Hall–Kier alpha value is -2.16. The number of hydrogen-bond donors (Lipinski definition) is 2. The van der Waals surface area contributed by atoms with Crippen LogP contribution in [0.15, 0.2) is 35.7 Å². The molecule has 2 rings (SSSR count). The van der Waals surface area contributed by atoms with Crippen molar-refractivity contribution in [3.05, 3.63) is 51.7 Å². The zero-order valence-electron chi connectivity index (χ0n) is 12.1. The number of anilines is 1. The van der Waals surface area contributed by atoms with Crippen molar-refractivity contribution in [1.29, 1.82) is 5.26 Å². The normalized spacial score (nSPS) is 11.7. The van der Waals surface area contributed by atoms with Gasteiger partial charge >= 0.3 is 0 Å². The zero-order chi connectivity index (χ0) is 15.2. The molecular formula is C16H18N3OS+. The summed E-state index contributed by atoms with van der Waals surface area (Å²) in [5, 5.41) is 13.7. The Morgan fingerprint density at radius 1 is 1.33 bits per heavy atom. The largest absolute Gasteiger partial charge is 0.325 e. The van der Waals surface area contributed by atoms with Crippen LogP contribution in [-0.2, 0) is 11.3 Å². The van der Waals surface area contributed by atoms with Crippen molar-refractivity contribution in [3.63, 3.8) is 0 Å². The lowest BCUT2D eigenvalue weighted by molar-refractivity contribution is -0.884. The topological polar surface area (TPSA) is 57.3 Å². The summed E-state index contributed by atoms with van der Waals surface area (Å²) in [4.78, 5) is 14.5. The molecule has 0 fully saturated rings. The average molecular weight is 300 g/mol. The maximum atomic E-state index is 12.0. The number of nitrogens with one attached hydrogen (secondary N) is 2. The first-order chi connectivity index (χ1) is 10.1. The van der Waals surface area contributed by atoms with Crippen LogP contribution in [0.2, 0.25) is 0 Å². The second-order valence-electron chi connectivity index (χ2n) is 5.07. The summed E-state index contributed by atoms with van der Waals surface area (Å²) in [5.74, 6) is -0.0218. The number of quaternary nitrogens is 1. The Kier molecular flexibility index (Phi) is 5.09. The molecular weight excluding hydrogens is 282 g/mol. The number of thiophene rings is 1. The van der Waals surface area contributed by atoms with E-state index in [-0.39, 0.29) is 5.91 Å². The highest BCUT2D eigenvalue weighted by Gasteiger charge is 2.12. The Labute approximate surface area is 128 Å². The van der Waals surface area contributed by atoms with Crippen molar-refractivity contribution >= 4 is 22.9 Å². The molecule has 0 spiro atoms. The van der Waals surface area contributed by atoms with Crippen LogP contribution in [0.4, 0.5) is 5.69 Å². The monoisotopic (exact) mass is 300 g/mol. The van der Waals surface area contributed by atoms with Gasteiger partial charge in [0, 0.05) is 5.69 Å². The van der Waals surface area contributed by atoms with Gasteiger partial charge in [0.05, 0.1) is 23.6 Å². The van der Waals surface area contributed by atoms with Gasteiger partial charge in [0.2, 0.25) is 0 Å². The van der Waals surface area contributed by atoms with Gasteiger partial charge in [0.1, 0.15) is 6.54 Å². The molecule has 0 aliphatic carbocycles. The summed E-state index contributed by atoms with van der Waals surface area (Å²) in [6.45, 7) is 3.36. The van der Waals surface area contributed by atoms with E-state index in [2.05, 4.69) is 29.8 Å². The molecule has 1 aromatic heterocycles. The number of hydrogen-bond acceptors (Lipinski definition) is 3. The van der Waals surface area contributed by atoms with E-state index in [1.54, 1.807) is 35.6 Å².